The Morgan fingerprint density at radius 2 is 2.26 bits per heavy atom. The molecule has 0 saturated heterocycles. The second-order valence-electron chi connectivity index (χ2n) is 4.95. The minimum absolute atomic E-state index is 0.444. The molecule has 0 spiro atoms. The minimum Gasteiger partial charge on any atom is -0.484 e. The van der Waals surface area contributed by atoms with Crippen LogP contribution in [0.3, 0.4) is 0 Å². The zero-order valence-corrected chi connectivity index (χ0v) is 11.1. The predicted octanol–water partition coefficient (Wildman–Crippen LogP) is 2.81. The third-order valence-corrected chi connectivity index (χ3v) is 3.25. The summed E-state index contributed by atoms with van der Waals surface area (Å²) in [5, 5.41) is 3.48. The van der Waals surface area contributed by atoms with Crippen molar-refractivity contribution in [2.75, 3.05) is 0 Å². The summed E-state index contributed by atoms with van der Waals surface area (Å²) in [4.78, 5) is 4.20. The number of aromatic nitrogens is 1. The zero-order chi connectivity index (χ0) is 13.1. The zero-order valence-electron chi connectivity index (χ0n) is 11.1. The fourth-order valence-electron chi connectivity index (χ4n) is 1.88. The Morgan fingerprint density at radius 3 is 3.00 bits per heavy atom. The predicted molar refractivity (Wildman–Crippen MR) is 71.9 cm³/mol. The van der Waals surface area contributed by atoms with Crippen molar-refractivity contribution < 1.29 is 9.15 Å². The molecular weight excluding hydrogens is 240 g/mol. The standard InChI is InChI=1S/C15H18N2O2/c1-11-2-5-14(9-16-11)19-10-15-12(6-7-18-15)8-17-13-3-4-13/h2,5-7,9,13,17H,3-4,8,10H2,1H3. The smallest absolute Gasteiger partial charge is 0.146 e. The summed E-state index contributed by atoms with van der Waals surface area (Å²) < 4.78 is 11.2. The lowest BCUT2D eigenvalue weighted by molar-refractivity contribution is 0.267. The summed E-state index contributed by atoms with van der Waals surface area (Å²) in [6.45, 7) is 3.25. The Labute approximate surface area is 112 Å². The Kier molecular flexibility index (Phi) is 3.51. The van der Waals surface area contributed by atoms with Crippen LogP contribution in [0.15, 0.2) is 35.1 Å². The Hall–Kier alpha value is -1.81. The van der Waals surface area contributed by atoms with Crippen molar-refractivity contribution in [3.63, 3.8) is 0 Å². The first-order chi connectivity index (χ1) is 9.31. The van der Waals surface area contributed by atoms with Crippen LogP contribution in [0.2, 0.25) is 0 Å². The van der Waals surface area contributed by atoms with E-state index in [1.54, 1.807) is 12.5 Å². The molecule has 2 aromatic heterocycles. The van der Waals surface area contributed by atoms with Gasteiger partial charge in [0.05, 0.1) is 12.5 Å². The number of aryl methyl sites for hydroxylation is 1. The third kappa shape index (κ3) is 3.35. The van der Waals surface area contributed by atoms with Crippen LogP contribution in [0.1, 0.15) is 29.9 Å². The number of pyridine rings is 1. The average Bonchev–Trinajstić information content (AvgIpc) is 3.15. The molecule has 3 rings (SSSR count). The van der Waals surface area contributed by atoms with E-state index in [-0.39, 0.29) is 0 Å². The molecule has 4 heteroatoms. The molecule has 1 aliphatic carbocycles. The van der Waals surface area contributed by atoms with Gasteiger partial charge in [0, 0.05) is 23.8 Å². The van der Waals surface area contributed by atoms with Gasteiger partial charge in [-0.15, -0.1) is 0 Å². The van der Waals surface area contributed by atoms with Gasteiger partial charge in [-0.3, -0.25) is 4.98 Å². The maximum absolute atomic E-state index is 5.68. The van der Waals surface area contributed by atoms with Gasteiger partial charge >= 0.3 is 0 Å². The van der Waals surface area contributed by atoms with Crippen LogP contribution in [-0.2, 0) is 13.2 Å². The van der Waals surface area contributed by atoms with E-state index >= 15 is 0 Å². The van der Waals surface area contributed by atoms with E-state index in [0.717, 1.165) is 23.7 Å². The van der Waals surface area contributed by atoms with Gasteiger partial charge in [-0.2, -0.15) is 0 Å². The molecule has 4 nitrogen and oxygen atoms in total. The summed E-state index contributed by atoms with van der Waals surface area (Å²) in [6, 6.07) is 6.56. The van der Waals surface area contributed by atoms with Crippen molar-refractivity contribution in [2.45, 2.75) is 39.0 Å². The van der Waals surface area contributed by atoms with E-state index < -0.39 is 0 Å². The molecule has 0 unspecified atom stereocenters. The van der Waals surface area contributed by atoms with Crippen LogP contribution >= 0.6 is 0 Å². The molecule has 0 aromatic carbocycles. The van der Waals surface area contributed by atoms with Crippen molar-refractivity contribution in [1.29, 1.82) is 0 Å². The SMILES string of the molecule is Cc1ccc(OCc2occc2CNC2CC2)cn1. The highest BCUT2D eigenvalue weighted by atomic mass is 16.5. The van der Waals surface area contributed by atoms with Crippen molar-refractivity contribution in [1.82, 2.24) is 10.3 Å². The number of nitrogens with one attached hydrogen (secondary N) is 1. The highest BCUT2D eigenvalue weighted by Gasteiger charge is 2.20. The number of furan rings is 1. The molecule has 0 amide bonds. The molecule has 1 fully saturated rings. The van der Waals surface area contributed by atoms with E-state index in [0.29, 0.717) is 12.6 Å². The molecule has 1 N–H and O–H groups in total. The lowest BCUT2D eigenvalue weighted by Gasteiger charge is -2.06. The van der Waals surface area contributed by atoms with E-state index in [1.165, 1.54) is 18.4 Å². The van der Waals surface area contributed by atoms with E-state index in [9.17, 15) is 0 Å². The fraction of sp³-hybridized carbons (Fsp3) is 0.400. The Bertz CT molecular complexity index is 529. The number of hydrogen-bond donors (Lipinski definition) is 1. The summed E-state index contributed by atoms with van der Waals surface area (Å²) in [6.07, 6.45) is 6.04. The molecule has 0 radical (unpaired) electrons. The maximum Gasteiger partial charge on any atom is 0.146 e. The van der Waals surface area contributed by atoms with Crippen LogP contribution in [0.5, 0.6) is 5.75 Å². The molecule has 19 heavy (non-hydrogen) atoms. The summed E-state index contributed by atoms with van der Waals surface area (Å²) in [7, 11) is 0. The molecule has 1 saturated carbocycles. The average molecular weight is 258 g/mol. The second kappa shape index (κ2) is 5.45. The van der Waals surface area contributed by atoms with E-state index in [4.69, 9.17) is 9.15 Å². The first-order valence-corrected chi connectivity index (χ1v) is 6.65. The normalized spacial score (nSPS) is 14.6. The van der Waals surface area contributed by atoms with Crippen molar-refractivity contribution in [2.24, 2.45) is 0 Å². The second-order valence-corrected chi connectivity index (χ2v) is 4.95. The van der Waals surface area contributed by atoms with Gasteiger partial charge in [0.2, 0.25) is 0 Å². The lowest BCUT2D eigenvalue weighted by Crippen LogP contribution is -2.16. The molecule has 1 aliphatic rings. The molecule has 2 aromatic rings. The highest BCUT2D eigenvalue weighted by Crippen LogP contribution is 2.21. The molecule has 0 bridgehead atoms. The maximum atomic E-state index is 5.68. The van der Waals surface area contributed by atoms with Crippen LogP contribution in [0.25, 0.3) is 0 Å². The minimum atomic E-state index is 0.444. The first-order valence-electron chi connectivity index (χ1n) is 6.65. The summed E-state index contributed by atoms with van der Waals surface area (Å²) in [5.74, 6) is 1.65. The quantitative estimate of drug-likeness (QED) is 0.865. The van der Waals surface area contributed by atoms with Gasteiger partial charge in [-0.25, -0.2) is 0 Å². The number of hydrogen-bond acceptors (Lipinski definition) is 4. The van der Waals surface area contributed by atoms with Crippen LogP contribution in [-0.4, -0.2) is 11.0 Å². The topological polar surface area (TPSA) is 47.3 Å². The summed E-state index contributed by atoms with van der Waals surface area (Å²) in [5.41, 5.74) is 2.16. The van der Waals surface area contributed by atoms with Gasteiger partial charge in [0.15, 0.2) is 0 Å². The molecule has 100 valence electrons. The largest absolute Gasteiger partial charge is 0.484 e. The van der Waals surface area contributed by atoms with Gasteiger partial charge in [0.25, 0.3) is 0 Å². The van der Waals surface area contributed by atoms with Gasteiger partial charge in [-0.05, 0) is 38.0 Å². The summed E-state index contributed by atoms with van der Waals surface area (Å²) >= 11 is 0. The van der Waals surface area contributed by atoms with Gasteiger partial charge < -0.3 is 14.5 Å². The highest BCUT2D eigenvalue weighted by molar-refractivity contribution is 5.21. The van der Waals surface area contributed by atoms with Gasteiger partial charge in [-0.1, -0.05) is 0 Å². The number of ether oxygens (including phenoxy) is 1. The van der Waals surface area contributed by atoms with Crippen molar-refractivity contribution in [3.05, 3.63) is 47.7 Å². The van der Waals surface area contributed by atoms with Gasteiger partial charge in [0.1, 0.15) is 18.1 Å². The number of nitrogens with zero attached hydrogens (tertiary/aromatic N) is 1. The van der Waals surface area contributed by atoms with E-state index in [1.807, 2.05) is 25.1 Å². The van der Waals surface area contributed by atoms with Crippen molar-refractivity contribution >= 4 is 0 Å². The Balaban J connectivity index is 1.56. The molecular formula is C15H18N2O2. The molecule has 0 aliphatic heterocycles. The van der Waals surface area contributed by atoms with E-state index in [2.05, 4.69) is 10.3 Å². The van der Waals surface area contributed by atoms with Crippen molar-refractivity contribution in [3.8, 4) is 5.75 Å². The lowest BCUT2D eigenvalue weighted by atomic mass is 10.2. The molecule has 2 heterocycles. The van der Waals surface area contributed by atoms with Crippen LogP contribution < -0.4 is 10.1 Å². The monoisotopic (exact) mass is 258 g/mol. The molecule has 0 atom stereocenters. The van der Waals surface area contributed by atoms with Crippen LogP contribution in [0.4, 0.5) is 0 Å². The first kappa shape index (κ1) is 12.2. The fourth-order valence-corrected chi connectivity index (χ4v) is 1.88. The number of rotatable bonds is 6. The van der Waals surface area contributed by atoms with Crippen LogP contribution in [0, 0.1) is 6.92 Å². The third-order valence-electron chi connectivity index (χ3n) is 3.25. The Morgan fingerprint density at radius 1 is 1.37 bits per heavy atom.